The quantitative estimate of drug-likeness (QED) is 0.434. The number of hydrogen-bond acceptors (Lipinski definition) is 2. The van der Waals surface area contributed by atoms with Crippen molar-refractivity contribution in [1.29, 1.82) is 0 Å². The van der Waals surface area contributed by atoms with Crippen LogP contribution in [0, 0.1) is 17.3 Å². The predicted octanol–water partition coefficient (Wildman–Crippen LogP) is 3.68. The van der Waals surface area contributed by atoms with E-state index in [4.69, 9.17) is 4.74 Å². The lowest BCUT2D eigenvalue weighted by Gasteiger charge is -2.58. The molecule has 0 unspecified atom stereocenters. The van der Waals surface area contributed by atoms with Crippen LogP contribution in [0.2, 0.25) is 0 Å². The first-order valence-electron chi connectivity index (χ1n) is 7.24. The fourth-order valence-corrected chi connectivity index (χ4v) is 4.80. The van der Waals surface area contributed by atoms with Crippen LogP contribution in [0.5, 0.6) is 5.75 Å². The van der Waals surface area contributed by atoms with Gasteiger partial charge in [0.15, 0.2) is 0 Å². The van der Waals surface area contributed by atoms with Gasteiger partial charge in [-0.05, 0) is 43.2 Å². The smallest absolute Gasteiger partial charge is 0.322 e. The summed E-state index contributed by atoms with van der Waals surface area (Å²) in [5.41, 5.74) is 0.868. The minimum atomic E-state index is -0.371. The number of ether oxygens (including phenoxy) is 1. The van der Waals surface area contributed by atoms with Crippen molar-refractivity contribution in [3.8, 4) is 5.75 Å². The molecular weight excluding hydrogens is 236 g/mol. The van der Waals surface area contributed by atoms with Gasteiger partial charge >= 0.3 is 5.97 Å². The van der Waals surface area contributed by atoms with Gasteiger partial charge in [0, 0.05) is 5.92 Å². The average Bonchev–Trinajstić information content (AvgIpc) is 2.82. The highest BCUT2D eigenvalue weighted by atomic mass is 16.5. The molecule has 2 aliphatic carbocycles. The van der Waals surface area contributed by atoms with Crippen molar-refractivity contribution < 1.29 is 9.53 Å². The number of esters is 1. The molecule has 98 valence electrons. The van der Waals surface area contributed by atoms with Gasteiger partial charge in [0.25, 0.3) is 0 Å². The summed E-state index contributed by atoms with van der Waals surface area (Å²) in [6, 6.07) is 8.06. The molecule has 2 heteroatoms. The molecule has 4 rings (SSSR count). The van der Waals surface area contributed by atoms with Gasteiger partial charge in [-0.3, -0.25) is 4.79 Å². The predicted molar refractivity (Wildman–Crippen MR) is 72.9 cm³/mol. The van der Waals surface area contributed by atoms with Gasteiger partial charge in [-0.15, -0.1) is 0 Å². The zero-order valence-corrected chi connectivity index (χ0v) is 11.1. The molecule has 0 spiro atoms. The van der Waals surface area contributed by atoms with Crippen molar-refractivity contribution >= 4 is 5.97 Å². The third-order valence-corrected chi connectivity index (χ3v) is 5.38. The Balaban J connectivity index is 1.91. The average molecular weight is 254 g/mol. The Morgan fingerprint density at radius 3 is 3.00 bits per heavy atom. The zero-order chi connectivity index (χ0) is 13.0. The van der Waals surface area contributed by atoms with Gasteiger partial charge in [0.2, 0.25) is 0 Å². The molecule has 1 aliphatic heterocycles. The number of carbonyl (C=O) groups excluding carboxylic acids is 1. The van der Waals surface area contributed by atoms with E-state index in [0.717, 1.165) is 5.75 Å². The number of hydrogen-bond donors (Lipinski definition) is 0. The van der Waals surface area contributed by atoms with Crippen molar-refractivity contribution in [3.63, 3.8) is 0 Å². The Bertz CT molecular complexity index is 574. The van der Waals surface area contributed by atoms with Crippen molar-refractivity contribution in [2.24, 2.45) is 17.3 Å². The van der Waals surface area contributed by atoms with Crippen LogP contribution in [0.15, 0.2) is 36.4 Å². The molecule has 19 heavy (non-hydrogen) atoms. The molecular formula is C17H18O2. The number of carbonyl (C=O) groups is 1. The van der Waals surface area contributed by atoms with E-state index < -0.39 is 0 Å². The van der Waals surface area contributed by atoms with E-state index in [1.807, 2.05) is 25.1 Å². The van der Waals surface area contributed by atoms with Crippen molar-refractivity contribution in [1.82, 2.24) is 0 Å². The molecule has 0 aromatic heterocycles. The number of allylic oxidation sites excluding steroid dienone is 1. The molecule has 4 atom stereocenters. The molecule has 0 N–H and O–H groups in total. The lowest BCUT2D eigenvalue weighted by Crippen LogP contribution is -2.59. The van der Waals surface area contributed by atoms with E-state index in [9.17, 15) is 4.79 Å². The van der Waals surface area contributed by atoms with E-state index in [-0.39, 0.29) is 11.4 Å². The topological polar surface area (TPSA) is 26.3 Å². The number of fused-ring (bicyclic) bond motifs is 6. The van der Waals surface area contributed by atoms with Crippen LogP contribution in [-0.4, -0.2) is 5.97 Å². The Morgan fingerprint density at radius 2 is 2.16 bits per heavy atom. The van der Waals surface area contributed by atoms with Crippen LogP contribution in [0.4, 0.5) is 0 Å². The molecule has 2 nitrogen and oxygen atoms in total. The van der Waals surface area contributed by atoms with E-state index in [1.54, 1.807) is 0 Å². The second-order valence-electron chi connectivity index (χ2n) is 6.04. The number of benzene rings is 1. The molecule has 0 amide bonds. The Labute approximate surface area is 113 Å². The van der Waals surface area contributed by atoms with Gasteiger partial charge < -0.3 is 4.74 Å². The Hall–Kier alpha value is -1.57. The maximum Gasteiger partial charge on any atom is 0.322 e. The van der Waals surface area contributed by atoms with E-state index >= 15 is 0 Å². The van der Waals surface area contributed by atoms with Crippen molar-refractivity contribution in [3.05, 3.63) is 42.0 Å². The molecule has 2 saturated carbocycles. The zero-order valence-electron chi connectivity index (χ0n) is 11.1. The maximum atomic E-state index is 12.6. The van der Waals surface area contributed by atoms with Crippen LogP contribution < -0.4 is 4.74 Å². The largest absolute Gasteiger partial charge is 0.426 e. The summed E-state index contributed by atoms with van der Waals surface area (Å²) in [7, 11) is 0. The molecule has 2 fully saturated rings. The lowest BCUT2D eigenvalue weighted by atomic mass is 9.45. The van der Waals surface area contributed by atoms with E-state index in [0.29, 0.717) is 17.8 Å². The van der Waals surface area contributed by atoms with Crippen molar-refractivity contribution in [2.75, 3.05) is 0 Å². The Morgan fingerprint density at radius 1 is 1.32 bits per heavy atom. The highest BCUT2D eigenvalue weighted by Gasteiger charge is 2.68. The fourth-order valence-electron chi connectivity index (χ4n) is 4.80. The summed E-state index contributed by atoms with van der Waals surface area (Å²) in [5, 5.41) is 0. The van der Waals surface area contributed by atoms with Crippen molar-refractivity contribution in [2.45, 2.75) is 32.1 Å². The molecule has 0 radical (unpaired) electrons. The summed E-state index contributed by atoms with van der Waals surface area (Å²) < 4.78 is 5.64. The first kappa shape index (κ1) is 11.3. The van der Waals surface area contributed by atoms with Gasteiger partial charge in [-0.25, -0.2) is 0 Å². The van der Waals surface area contributed by atoms with Gasteiger partial charge in [0.1, 0.15) is 5.75 Å². The second kappa shape index (κ2) is 3.72. The minimum Gasteiger partial charge on any atom is -0.426 e. The standard InChI is InChI=1S/C17H18O2/c1-2-10-17-13-8-5-7-11(13)15(17)12-6-3-4-9-14(12)19-16(17)18/h2-4,6,9-11,13,15H,5,7-8H2,1H3/b10-2+/t11-,13+,15-,17-/m1/s1. The van der Waals surface area contributed by atoms with Gasteiger partial charge in [0.05, 0.1) is 5.41 Å². The molecule has 1 aromatic rings. The highest BCUT2D eigenvalue weighted by Crippen LogP contribution is 2.70. The number of para-hydroxylation sites is 1. The third kappa shape index (κ3) is 1.20. The van der Waals surface area contributed by atoms with Gasteiger partial charge in [-0.1, -0.05) is 36.8 Å². The second-order valence-corrected chi connectivity index (χ2v) is 6.04. The SMILES string of the molecule is C/C=C/[C@]12C(=O)Oc3ccccc3[C@H]1[C@@H]1CCC[C@@H]12. The first-order valence-corrected chi connectivity index (χ1v) is 7.24. The fraction of sp³-hybridized carbons (Fsp3) is 0.471. The highest BCUT2D eigenvalue weighted by molar-refractivity contribution is 5.87. The summed E-state index contributed by atoms with van der Waals surface area (Å²) in [5.74, 6) is 2.26. The monoisotopic (exact) mass is 254 g/mol. The third-order valence-electron chi connectivity index (χ3n) is 5.38. The summed E-state index contributed by atoms with van der Waals surface area (Å²) in [4.78, 5) is 12.6. The normalized spacial score (nSPS) is 39.2. The van der Waals surface area contributed by atoms with Crippen LogP contribution in [0.25, 0.3) is 0 Å². The van der Waals surface area contributed by atoms with Crippen LogP contribution in [0.1, 0.15) is 37.7 Å². The minimum absolute atomic E-state index is 0.0301. The van der Waals surface area contributed by atoms with Crippen LogP contribution >= 0.6 is 0 Å². The summed E-state index contributed by atoms with van der Waals surface area (Å²) >= 11 is 0. The first-order chi connectivity index (χ1) is 9.29. The van der Waals surface area contributed by atoms with E-state index in [1.165, 1.54) is 24.8 Å². The molecule has 0 bridgehead atoms. The summed E-state index contributed by atoms with van der Waals surface area (Å²) in [6.07, 6.45) is 7.82. The Kier molecular flexibility index (Phi) is 2.21. The van der Waals surface area contributed by atoms with E-state index in [2.05, 4.69) is 18.2 Å². The number of rotatable bonds is 1. The lowest BCUT2D eigenvalue weighted by molar-refractivity contribution is -0.164. The summed E-state index contributed by atoms with van der Waals surface area (Å²) in [6.45, 7) is 2.00. The molecule has 0 saturated heterocycles. The van der Waals surface area contributed by atoms with Crippen LogP contribution in [0.3, 0.4) is 0 Å². The molecule has 3 aliphatic rings. The van der Waals surface area contributed by atoms with Crippen LogP contribution in [-0.2, 0) is 4.79 Å². The molecule has 1 heterocycles. The maximum absolute atomic E-state index is 12.6. The molecule has 1 aromatic carbocycles. The van der Waals surface area contributed by atoms with Gasteiger partial charge in [-0.2, -0.15) is 0 Å².